The summed E-state index contributed by atoms with van der Waals surface area (Å²) in [7, 11) is 0. The van der Waals surface area contributed by atoms with E-state index >= 15 is 0 Å². The number of piperidine rings is 1. The van der Waals surface area contributed by atoms with E-state index < -0.39 is 17.9 Å². The number of carboxylic acids is 1. The fourth-order valence-corrected chi connectivity index (χ4v) is 2.88. The molecule has 2 aromatic rings. The van der Waals surface area contributed by atoms with Crippen LogP contribution in [0.15, 0.2) is 47.2 Å². The fourth-order valence-electron chi connectivity index (χ4n) is 2.88. The van der Waals surface area contributed by atoms with Crippen LogP contribution < -0.4 is 0 Å². The van der Waals surface area contributed by atoms with Gasteiger partial charge in [0.05, 0.1) is 30.5 Å². The highest BCUT2D eigenvalue weighted by Crippen LogP contribution is 2.37. The molecule has 114 valence electrons. The molecule has 2 atom stereocenters. The van der Waals surface area contributed by atoms with E-state index in [9.17, 15) is 14.7 Å². The Morgan fingerprint density at radius 1 is 1.36 bits per heavy atom. The third kappa shape index (κ3) is 2.72. The number of carboxylic acid groups (broad SMARTS) is 1. The molecule has 6 nitrogen and oxygen atoms in total. The van der Waals surface area contributed by atoms with Crippen molar-refractivity contribution in [3.05, 3.63) is 54.2 Å². The molecule has 0 saturated carbocycles. The third-order valence-corrected chi connectivity index (χ3v) is 3.92. The van der Waals surface area contributed by atoms with Crippen LogP contribution in [0.2, 0.25) is 0 Å². The number of likely N-dealkylation sites (tertiary alicyclic amines) is 1. The van der Waals surface area contributed by atoms with Crippen LogP contribution >= 0.6 is 0 Å². The van der Waals surface area contributed by atoms with Crippen molar-refractivity contribution in [2.75, 3.05) is 0 Å². The van der Waals surface area contributed by atoms with Gasteiger partial charge < -0.3 is 14.4 Å². The van der Waals surface area contributed by atoms with Crippen molar-refractivity contribution in [2.24, 2.45) is 5.92 Å². The van der Waals surface area contributed by atoms with Gasteiger partial charge in [0.25, 0.3) is 0 Å². The number of nitrogens with zero attached hydrogens (tertiary/aromatic N) is 2. The van der Waals surface area contributed by atoms with E-state index in [4.69, 9.17) is 4.42 Å². The van der Waals surface area contributed by atoms with Crippen molar-refractivity contribution < 1.29 is 19.1 Å². The largest absolute Gasteiger partial charge is 0.481 e. The lowest BCUT2D eigenvalue weighted by Gasteiger charge is -2.38. The normalized spacial score (nSPS) is 21.8. The summed E-state index contributed by atoms with van der Waals surface area (Å²) in [6, 6.07) is 8.26. The molecule has 1 aliphatic rings. The van der Waals surface area contributed by atoms with Gasteiger partial charge in [-0.3, -0.25) is 14.6 Å². The van der Waals surface area contributed by atoms with E-state index in [0.29, 0.717) is 17.9 Å². The summed E-state index contributed by atoms with van der Waals surface area (Å²) >= 11 is 0. The minimum absolute atomic E-state index is 0.0791. The van der Waals surface area contributed by atoms with E-state index in [1.54, 1.807) is 41.4 Å². The first-order valence-electron chi connectivity index (χ1n) is 7.12. The molecule has 6 heteroatoms. The second kappa shape index (κ2) is 6.01. The summed E-state index contributed by atoms with van der Waals surface area (Å²) in [4.78, 5) is 29.8. The first kappa shape index (κ1) is 14.3. The number of carbonyl (C=O) groups excluding carboxylic acids is 1. The van der Waals surface area contributed by atoms with Gasteiger partial charge in [0.2, 0.25) is 5.91 Å². The maximum Gasteiger partial charge on any atom is 0.309 e. The van der Waals surface area contributed by atoms with E-state index in [2.05, 4.69) is 4.98 Å². The second-order valence-corrected chi connectivity index (χ2v) is 5.28. The van der Waals surface area contributed by atoms with Crippen molar-refractivity contribution >= 4 is 11.9 Å². The summed E-state index contributed by atoms with van der Waals surface area (Å²) in [6.07, 6.45) is 3.69. The Morgan fingerprint density at radius 2 is 2.23 bits per heavy atom. The highest BCUT2D eigenvalue weighted by molar-refractivity contribution is 5.81. The standard InChI is InChI=1S/C16H16N2O4/c19-14-7-6-12(16(20)21)15(13-5-1-2-8-17-13)18(14)10-11-4-3-9-22-11/h1-5,8-9,12,15H,6-7,10H2,(H,20,21). The molecular formula is C16H16N2O4. The molecule has 1 saturated heterocycles. The van der Waals surface area contributed by atoms with Crippen molar-refractivity contribution in [3.8, 4) is 0 Å². The minimum atomic E-state index is -0.910. The van der Waals surface area contributed by atoms with E-state index in [-0.39, 0.29) is 18.9 Å². The van der Waals surface area contributed by atoms with Crippen LogP contribution in [0.25, 0.3) is 0 Å². The quantitative estimate of drug-likeness (QED) is 0.936. The van der Waals surface area contributed by atoms with Crippen molar-refractivity contribution in [3.63, 3.8) is 0 Å². The maximum atomic E-state index is 12.3. The van der Waals surface area contributed by atoms with Crippen LogP contribution in [-0.4, -0.2) is 26.9 Å². The summed E-state index contributed by atoms with van der Waals surface area (Å²) in [5.41, 5.74) is 0.592. The monoisotopic (exact) mass is 300 g/mol. The van der Waals surface area contributed by atoms with Gasteiger partial charge in [-0.2, -0.15) is 0 Å². The molecule has 3 heterocycles. The van der Waals surface area contributed by atoms with Gasteiger partial charge in [-0.1, -0.05) is 6.07 Å². The van der Waals surface area contributed by atoms with Crippen LogP contribution in [0.3, 0.4) is 0 Å². The summed E-state index contributed by atoms with van der Waals surface area (Å²) in [5.74, 6) is -1.03. The number of rotatable bonds is 4. The molecule has 2 unspecified atom stereocenters. The molecule has 0 bridgehead atoms. The molecule has 0 spiro atoms. The number of furan rings is 1. The molecule has 1 N–H and O–H groups in total. The maximum absolute atomic E-state index is 12.3. The summed E-state index contributed by atoms with van der Waals surface area (Å²) in [6.45, 7) is 0.247. The van der Waals surface area contributed by atoms with Gasteiger partial charge in [-0.15, -0.1) is 0 Å². The Bertz CT molecular complexity index is 654. The Balaban J connectivity index is 1.98. The van der Waals surface area contributed by atoms with Gasteiger partial charge in [-0.05, 0) is 30.7 Å². The van der Waals surface area contributed by atoms with E-state index in [1.165, 1.54) is 6.26 Å². The van der Waals surface area contributed by atoms with Gasteiger partial charge in [0.15, 0.2) is 0 Å². The molecule has 0 radical (unpaired) electrons. The second-order valence-electron chi connectivity index (χ2n) is 5.28. The molecule has 22 heavy (non-hydrogen) atoms. The van der Waals surface area contributed by atoms with Gasteiger partial charge in [0.1, 0.15) is 5.76 Å². The van der Waals surface area contributed by atoms with Crippen molar-refractivity contribution in [1.29, 1.82) is 0 Å². The first-order valence-corrected chi connectivity index (χ1v) is 7.12. The van der Waals surface area contributed by atoms with E-state index in [1.807, 2.05) is 0 Å². The fraction of sp³-hybridized carbons (Fsp3) is 0.312. The van der Waals surface area contributed by atoms with Crippen LogP contribution in [0, 0.1) is 5.92 Å². The zero-order valence-corrected chi connectivity index (χ0v) is 11.9. The van der Waals surface area contributed by atoms with Crippen LogP contribution in [-0.2, 0) is 16.1 Å². The summed E-state index contributed by atoms with van der Waals surface area (Å²) in [5, 5.41) is 9.51. The molecule has 1 aliphatic heterocycles. The molecule has 1 amide bonds. The molecule has 1 fully saturated rings. The zero-order valence-electron chi connectivity index (χ0n) is 11.9. The SMILES string of the molecule is O=C(O)C1CCC(=O)N(Cc2ccco2)C1c1ccccn1. The molecule has 0 aliphatic carbocycles. The number of pyridine rings is 1. The van der Waals surface area contributed by atoms with Crippen LogP contribution in [0.5, 0.6) is 0 Å². The predicted molar refractivity (Wildman–Crippen MR) is 76.6 cm³/mol. The lowest BCUT2D eigenvalue weighted by molar-refractivity contribution is -0.153. The summed E-state index contributed by atoms with van der Waals surface area (Å²) < 4.78 is 5.30. The Hall–Kier alpha value is -2.63. The number of carbonyl (C=O) groups is 2. The van der Waals surface area contributed by atoms with Gasteiger partial charge in [-0.25, -0.2) is 0 Å². The van der Waals surface area contributed by atoms with E-state index in [0.717, 1.165) is 0 Å². The number of aliphatic carboxylic acids is 1. The molecular weight excluding hydrogens is 284 g/mol. The Kier molecular flexibility index (Phi) is 3.91. The minimum Gasteiger partial charge on any atom is -0.481 e. The third-order valence-electron chi connectivity index (χ3n) is 3.92. The number of amides is 1. The Labute approximate surface area is 127 Å². The average Bonchev–Trinajstić information content (AvgIpc) is 3.03. The highest BCUT2D eigenvalue weighted by Gasteiger charge is 2.41. The molecule has 0 aromatic carbocycles. The molecule has 2 aromatic heterocycles. The number of hydrogen-bond acceptors (Lipinski definition) is 4. The topological polar surface area (TPSA) is 83.6 Å². The lowest BCUT2D eigenvalue weighted by Crippen LogP contribution is -2.45. The predicted octanol–water partition coefficient (Wildman–Crippen LogP) is 2.24. The van der Waals surface area contributed by atoms with Gasteiger partial charge in [0, 0.05) is 12.6 Å². The number of aromatic nitrogens is 1. The zero-order chi connectivity index (χ0) is 15.5. The van der Waals surface area contributed by atoms with Crippen LogP contribution in [0.4, 0.5) is 0 Å². The lowest BCUT2D eigenvalue weighted by atomic mass is 9.86. The smallest absolute Gasteiger partial charge is 0.309 e. The first-order chi connectivity index (χ1) is 10.7. The van der Waals surface area contributed by atoms with Crippen molar-refractivity contribution in [1.82, 2.24) is 9.88 Å². The molecule has 3 rings (SSSR count). The Morgan fingerprint density at radius 3 is 2.86 bits per heavy atom. The highest BCUT2D eigenvalue weighted by atomic mass is 16.4. The van der Waals surface area contributed by atoms with Gasteiger partial charge >= 0.3 is 5.97 Å². The average molecular weight is 300 g/mol. The van der Waals surface area contributed by atoms with Crippen LogP contribution in [0.1, 0.15) is 30.3 Å². The number of hydrogen-bond donors (Lipinski definition) is 1. The van der Waals surface area contributed by atoms with Crippen molar-refractivity contribution in [2.45, 2.75) is 25.4 Å².